The third-order valence-electron chi connectivity index (χ3n) is 3.74. The smallest absolute Gasteiger partial charge is 0.255 e. The van der Waals surface area contributed by atoms with E-state index in [4.69, 9.17) is 11.6 Å². The van der Waals surface area contributed by atoms with Gasteiger partial charge in [-0.2, -0.15) is 19.6 Å². The molecule has 1 aliphatic heterocycles. The molecule has 0 amide bonds. The number of halogens is 1. The molecule has 2 aromatic rings. The Kier molecular flexibility index (Phi) is 3.09. The third-order valence-corrected chi connectivity index (χ3v) is 4.11. The second-order valence-electron chi connectivity index (χ2n) is 5.67. The van der Waals surface area contributed by atoms with E-state index < -0.39 is 0 Å². The minimum absolute atomic E-state index is 0.515. The Labute approximate surface area is 117 Å². The highest BCUT2D eigenvalue weighted by Crippen LogP contribution is 2.30. The van der Waals surface area contributed by atoms with Gasteiger partial charge in [-0.25, -0.2) is 0 Å². The molecule has 0 saturated carbocycles. The van der Waals surface area contributed by atoms with Crippen molar-refractivity contribution in [2.75, 3.05) is 18.0 Å². The largest absolute Gasteiger partial charge is 0.356 e. The van der Waals surface area contributed by atoms with Gasteiger partial charge in [-0.1, -0.05) is 25.4 Å². The zero-order valence-corrected chi connectivity index (χ0v) is 12.2. The van der Waals surface area contributed by atoms with E-state index in [0.717, 1.165) is 24.5 Å². The van der Waals surface area contributed by atoms with E-state index in [-0.39, 0.29) is 0 Å². The van der Waals surface area contributed by atoms with Gasteiger partial charge >= 0.3 is 0 Å². The maximum Gasteiger partial charge on any atom is 0.255 e. The summed E-state index contributed by atoms with van der Waals surface area (Å²) < 4.78 is 1.80. The highest BCUT2D eigenvalue weighted by Gasteiger charge is 2.26. The van der Waals surface area contributed by atoms with Crippen LogP contribution >= 0.6 is 11.6 Å². The lowest BCUT2D eigenvalue weighted by atomic mass is 9.92. The number of fused-ring (bicyclic) bond motifs is 1. The number of anilines is 1. The summed E-state index contributed by atoms with van der Waals surface area (Å²) in [5, 5.41) is 4.80. The minimum atomic E-state index is 0.515. The molecule has 1 saturated heterocycles. The zero-order chi connectivity index (χ0) is 13.6. The van der Waals surface area contributed by atoms with Crippen molar-refractivity contribution in [1.82, 2.24) is 19.6 Å². The summed E-state index contributed by atoms with van der Waals surface area (Å²) in [4.78, 5) is 10.8. The maximum atomic E-state index is 6.22. The summed E-state index contributed by atoms with van der Waals surface area (Å²) in [6.45, 7) is 8.63. The van der Waals surface area contributed by atoms with Crippen LogP contribution in [0.3, 0.4) is 0 Å². The number of rotatable bonds is 1. The van der Waals surface area contributed by atoms with Gasteiger partial charge in [0.25, 0.3) is 5.78 Å². The molecule has 3 rings (SSSR count). The lowest BCUT2D eigenvalue weighted by Gasteiger charge is -2.37. The van der Waals surface area contributed by atoms with Gasteiger partial charge in [-0.05, 0) is 25.2 Å². The molecule has 0 aromatic carbocycles. The average Bonchev–Trinajstić information content (AvgIpc) is 2.76. The van der Waals surface area contributed by atoms with Crippen molar-refractivity contribution >= 4 is 23.2 Å². The molecule has 0 radical (unpaired) electrons. The lowest BCUT2D eigenvalue weighted by molar-refractivity contribution is 0.354. The van der Waals surface area contributed by atoms with E-state index in [1.807, 2.05) is 6.92 Å². The van der Waals surface area contributed by atoms with Crippen LogP contribution in [0.15, 0.2) is 6.33 Å². The molecule has 102 valence electrons. The second kappa shape index (κ2) is 4.63. The molecule has 0 aliphatic carbocycles. The quantitative estimate of drug-likeness (QED) is 0.753. The average molecular weight is 280 g/mol. The molecule has 1 fully saturated rings. The molecule has 5 nitrogen and oxygen atoms in total. The number of hydrogen-bond donors (Lipinski definition) is 0. The van der Waals surface area contributed by atoms with Crippen molar-refractivity contribution in [3.8, 4) is 0 Å². The van der Waals surface area contributed by atoms with Crippen molar-refractivity contribution in [2.24, 2.45) is 11.8 Å². The van der Waals surface area contributed by atoms with Crippen molar-refractivity contribution in [3.05, 3.63) is 17.0 Å². The van der Waals surface area contributed by atoms with Crippen LogP contribution < -0.4 is 4.90 Å². The van der Waals surface area contributed by atoms with E-state index >= 15 is 0 Å². The molecule has 19 heavy (non-hydrogen) atoms. The Morgan fingerprint density at radius 3 is 2.63 bits per heavy atom. The van der Waals surface area contributed by atoms with Crippen LogP contribution in [-0.2, 0) is 0 Å². The van der Waals surface area contributed by atoms with Gasteiger partial charge in [0, 0.05) is 18.7 Å². The molecule has 2 aromatic heterocycles. The van der Waals surface area contributed by atoms with Crippen LogP contribution in [-0.4, -0.2) is 32.7 Å². The standard InChI is InChI=1S/C13H18ClN5/c1-8-4-9(2)6-18(5-8)12-10(3)11(14)17-13-15-7-16-19(12)13/h7-9H,4-6H2,1-3H3. The Bertz CT molecular complexity index is 598. The van der Waals surface area contributed by atoms with E-state index in [9.17, 15) is 0 Å². The van der Waals surface area contributed by atoms with Crippen LogP contribution in [0.25, 0.3) is 5.78 Å². The first-order chi connectivity index (χ1) is 9.06. The molecule has 0 spiro atoms. The van der Waals surface area contributed by atoms with Crippen molar-refractivity contribution in [3.63, 3.8) is 0 Å². The third kappa shape index (κ3) is 2.16. The SMILES string of the molecule is Cc1c(Cl)nc2ncnn2c1N1CC(C)CC(C)C1. The van der Waals surface area contributed by atoms with Gasteiger partial charge in [-0.15, -0.1) is 0 Å². The summed E-state index contributed by atoms with van der Waals surface area (Å²) in [5.41, 5.74) is 0.973. The molecule has 0 N–H and O–H groups in total. The van der Waals surface area contributed by atoms with Gasteiger partial charge in [-0.3, -0.25) is 0 Å². The van der Waals surface area contributed by atoms with Crippen LogP contribution in [0.1, 0.15) is 25.8 Å². The van der Waals surface area contributed by atoms with E-state index in [1.165, 1.54) is 12.7 Å². The predicted octanol–water partition coefficient (Wildman–Crippen LogP) is 2.57. The number of aromatic nitrogens is 4. The Hall–Kier alpha value is -1.36. The van der Waals surface area contributed by atoms with E-state index in [2.05, 4.69) is 33.8 Å². The fourth-order valence-electron chi connectivity index (χ4n) is 3.09. The van der Waals surface area contributed by atoms with Gasteiger partial charge in [0.05, 0.1) is 0 Å². The highest BCUT2D eigenvalue weighted by atomic mass is 35.5. The molecular weight excluding hydrogens is 262 g/mol. The Morgan fingerprint density at radius 2 is 1.95 bits per heavy atom. The fourth-order valence-corrected chi connectivity index (χ4v) is 3.25. The molecule has 0 bridgehead atoms. The summed E-state index contributed by atoms with van der Waals surface area (Å²) in [6, 6.07) is 0. The van der Waals surface area contributed by atoms with Crippen LogP contribution in [0, 0.1) is 18.8 Å². The maximum absolute atomic E-state index is 6.22. The number of hydrogen-bond acceptors (Lipinski definition) is 4. The van der Waals surface area contributed by atoms with Crippen LogP contribution in [0.2, 0.25) is 5.15 Å². The van der Waals surface area contributed by atoms with Crippen LogP contribution in [0.4, 0.5) is 5.82 Å². The zero-order valence-electron chi connectivity index (χ0n) is 11.5. The first-order valence-electron chi connectivity index (χ1n) is 6.67. The number of nitrogens with zero attached hydrogens (tertiary/aromatic N) is 5. The minimum Gasteiger partial charge on any atom is -0.356 e. The lowest BCUT2D eigenvalue weighted by Crippen LogP contribution is -2.40. The van der Waals surface area contributed by atoms with E-state index in [0.29, 0.717) is 22.8 Å². The summed E-state index contributed by atoms with van der Waals surface area (Å²) >= 11 is 6.22. The summed E-state index contributed by atoms with van der Waals surface area (Å²) in [7, 11) is 0. The summed E-state index contributed by atoms with van der Waals surface area (Å²) in [6.07, 6.45) is 2.80. The summed E-state index contributed by atoms with van der Waals surface area (Å²) in [5.74, 6) is 2.95. The Morgan fingerprint density at radius 1 is 1.26 bits per heavy atom. The molecule has 6 heteroatoms. The Balaban J connectivity index is 2.12. The fraction of sp³-hybridized carbons (Fsp3) is 0.615. The van der Waals surface area contributed by atoms with Gasteiger partial charge in [0.1, 0.15) is 17.3 Å². The first kappa shape index (κ1) is 12.7. The van der Waals surface area contributed by atoms with Gasteiger partial charge in [0.15, 0.2) is 0 Å². The molecule has 2 atom stereocenters. The van der Waals surface area contributed by atoms with Crippen molar-refractivity contribution in [2.45, 2.75) is 27.2 Å². The van der Waals surface area contributed by atoms with Gasteiger partial charge in [0.2, 0.25) is 0 Å². The molecule has 3 heterocycles. The van der Waals surface area contributed by atoms with E-state index in [1.54, 1.807) is 4.52 Å². The molecule has 2 unspecified atom stereocenters. The monoisotopic (exact) mass is 279 g/mol. The predicted molar refractivity (Wildman–Crippen MR) is 75.7 cm³/mol. The molecular formula is C13H18ClN5. The number of piperidine rings is 1. The normalized spacial score (nSPS) is 24.1. The van der Waals surface area contributed by atoms with Crippen molar-refractivity contribution < 1.29 is 0 Å². The topological polar surface area (TPSA) is 46.3 Å². The van der Waals surface area contributed by atoms with Gasteiger partial charge < -0.3 is 4.90 Å². The molecule has 1 aliphatic rings. The second-order valence-corrected chi connectivity index (χ2v) is 6.03. The van der Waals surface area contributed by atoms with Crippen molar-refractivity contribution in [1.29, 1.82) is 0 Å². The highest BCUT2D eigenvalue weighted by molar-refractivity contribution is 6.30. The first-order valence-corrected chi connectivity index (χ1v) is 7.05. The van der Waals surface area contributed by atoms with Crippen LogP contribution in [0.5, 0.6) is 0 Å².